The second kappa shape index (κ2) is 4.36. The molecule has 3 unspecified atom stereocenters. The maximum Gasteiger partial charge on any atom is 0.307 e. The molecule has 1 aliphatic heterocycles. The van der Waals surface area contributed by atoms with Gasteiger partial charge in [-0.1, -0.05) is 5.16 Å². The largest absolute Gasteiger partial charge is 0.481 e. The zero-order valence-electron chi connectivity index (χ0n) is 10.7. The van der Waals surface area contributed by atoms with Crippen LogP contribution in [0.3, 0.4) is 0 Å². The van der Waals surface area contributed by atoms with Crippen LogP contribution in [0.4, 0.5) is 0 Å². The molecule has 1 aromatic rings. The van der Waals surface area contributed by atoms with E-state index >= 15 is 0 Å². The third-order valence-corrected chi connectivity index (χ3v) is 3.94. The monoisotopic (exact) mass is 264 g/mol. The van der Waals surface area contributed by atoms with Gasteiger partial charge in [0.1, 0.15) is 0 Å². The quantitative estimate of drug-likeness (QED) is 0.891. The Balaban J connectivity index is 1.73. The lowest BCUT2D eigenvalue weighted by atomic mass is 10.1. The highest BCUT2D eigenvalue weighted by atomic mass is 16.5. The highest BCUT2D eigenvalue weighted by molar-refractivity contribution is 5.89. The van der Waals surface area contributed by atoms with Crippen LogP contribution in [0.25, 0.3) is 0 Å². The zero-order chi connectivity index (χ0) is 13.6. The lowest BCUT2D eigenvalue weighted by molar-refractivity contribution is -0.142. The highest BCUT2D eigenvalue weighted by Crippen LogP contribution is 2.43. The number of rotatable bonds is 3. The summed E-state index contributed by atoms with van der Waals surface area (Å²) in [5.41, 5.74) is 0.795. The van der Waals surface area contributed by atoms with E-state index in [-0.39, 0.29) is 17.9 Å². The predicted octanol–water partition coefficient (Wildman–Crippen LogP) is 1.37. The molecule has 19 heavy (non-hydrogen) atoms. The fourth-order valence-corrected chi connectivity index (χ4v) is 2.82. The third-order valence-electron chi connectivity index (χ3n) is 3.94. The molecule has 3 atom stereocenters. The fourth-order valence-electron chi connectivity index (χ4n) is 2.82. The maximum absolute atomic E-state index is 12.3. The van der Waals surface area contributed by atoms with E-state index in [9.17, 15) is 9.59 Å². The molecule has 2 heterocycles. The first-order valence-electron chi connectivity index (χ1n) is 6.54. The number of amides is 1. The van der Waals surface area contributed by atoms with Gasteiger partial charge in [0.25, 0.3) is 0 Å². The summed E-state index contributed by atoms with van der Waals surface area (Å²) in [7, 11) is 0. The van der Waals surface area contributed by atoms with Crippen molar-refractivity contribution in [1.82, 2.24) is 10.1 Å². The summed E-state index contributed by atoms with van der Waals surface area (Å²) in [4.78, 5) is 24.9. The molecule has 6 heteroatoms. The van der Waals surface area contributed by atoms with Gasteiger partial charge in [0.05, 0.1) is 23.6 Å². The standard InChI is InChI=1S/C13H16N2O4/c1-7-5-11(19-14-7)10-3-2-4-15(10)12(16)8-6-9(8)13(17)18/h5,8-10H,2-4,6H2,1H3,(H,17,18). The number of carboxylic acid groups (broad SMARTS) is 1. The van der Waals surface area contributed by atoms with Crippen LogP contribution in [-0.2, 0) is 9.59 Å². The van der Waals surface area contributed by atoms with E-state index in [1.807, 2.05) is 13.0 Å². The lowest BCUT2D eigenvalue weighted by Gasteiger charge is -2.22. The van der Waals surface area contributed by atoms with Crippen molar-refractivity contribution in [1.29, 1.82) is 0 Å². The molecule has 2 aliphatic rings. The van der Waals surface area contributed by atoms with Crippen molar-refractivity contribution in [2.24, 2.45) is 11.8 Å². The molecule has 0 bridgehead atoms. The van der Waals surface area contributed by atoms with Gasteiger partial charge in [0.2, 0.25) is 5.91 Å². The summed E-state index contributed by atoms with van der Waals surface area (Å²) in [6, 6.07) is 1.77. The van der Waals surface area contributed by atoms with E-state index in [1.54, 1.807) is 4.90 Å². The summed E-state index contributed by atoms with van der Waals surface area (Å²) in [5.74, 6) is -1.06. The molecule has 3 rings (SSSR count). The first kappa shape index (κ1) is 12.2. The molecule has 1 amide bonds. The minimum atomic E-state index is -0.871. The van der Waals surface area contributed by atoms with E-state index in [1.165, 1.54) is 0 Å². The number of hydrogen-bond acceptors (Lipinski definition) is 4. The molecule has 0 spiro atoms. The Hall–Kier alpha value is -1.85. The molecular formula is C13H16N2O4. The van der Waals surface area contributed by atoms with Gasteiger partial charge in [-0.3, -0.25) is 9.59 Å². The van der Waals surface area contributed by atoms with E-state index in [4.69, 9.17) is 9.63 Å². The number of aryl methyl sites for hydroxylation is 1. The van der Waals surface area contributed by atoms with Crippen molar-refractivity contribution in [2.75, 3.05) is 6.54 Å². The molecule has 0 aromatic carbocycles. The Morgan fingerprint density at radius 3 is 2.84 bits per heavy atom. The number of nitrogens with zero attached hydrogens (tertiary/aromatic N) is 2. The van der Waals surface area contributed by atoms with E-state index in [0.29, 0.717) is 18.7 Å². The van der Waals surface area contributed by atoms with Gasteiger partial charge in [-0.2, -0.15) is 0 Å². The highest BCUT2D eigenvalue weighted by Gasteiger charge is 2.51. The molecular weight excluding hydrogens is 248 g/mol. The van der Waals surface area contributed by atoms with Crippen LogP contribution in [0.2, 0.25) is 0 Å². The topological polar surface area (TPSA) is 83.6 Å². The average Bonchev–Trinajstić information content (AvgIpc) is 2.82. The molecule has 2 fully saturated rings. The minimum Gasteiger partial charge on any atom is -0.481 e. The summed E-state index contributed by atoms with van der Waals surface area (Å²) < 4.78 is 5.24. The number of aliphatic carboxylic acids is 1. The van der Waals surface area contributed by atoms with Gasteiger partial charge in [-0.05, 0) is 26.2 Å². The summed E-state index contributed by atoms with van der Waals surface area (Å²) >= 11 is 0. The SMILES string of the molecule is Cc1cc(C2CCCN2C(=O)C2CC2C(=O)O)on1. The first-order valence-corrected chi connectivity index (χ1v) is 6.54. The van der Waals surface area contributed by atoms with Gasteiger partial charge in [-0.25, -0.2) is 0 Å². The predicted molar refractivity (Wildman–Crippen MR) is 64.2 cm³/mol. The maximum atomic E-state index is 12.3. The number of carboxylic acids is 1. The van der Waals surface area contributed by atoms with Crippen LogP contribution < -0.4 is 0 Å². The second-order valence-electron chi connectivity index (χ2n) is 5.35. The van der Waals surface area contributed by atoms with Crippen LogP contribution in [0.5, 0.6) is 0 Å². The summed E-state index contributed by atoms with van der Waals surface area (Å²) in [6.45, 7) is 2.52. The van der Waals surface area contributed by atoms with Crippen molar-refractivity contribution in [3.05, 3.63) is 17.5 Å². The Kier molecular flexibility index (Phi) is 2.80. The Morgan fingerprint density at radius 2 is 2.26 bits per heavy atom. The fraction of sp³-hybridized carbons (Fsp3) is 0.615. The van der Waals surface area contributed by atoms with E-state index in [2.05, 4.69) is 5.16 Å². The zero-order valence-corrected chi connectivity index (χ0v) is 10.7. The molecule has 0 radical (unpaired) electrons. The van der Waals surface area contributed by atoms with Crippen LogP contribution in [0.15, 0.2) is 10.6 Å². The van der Waals surface area contributed by atoms with Gasteiger partial charge >= 0.3 is 5.97 Å². The average molecular weight is 264 g/mol. The van der Waals surface area contributed by atoms with E-state index in [0.717, 1.165) is 18.5 Å². The smallest absolute Gasteiger partial charge is 0.307 e. The van der Waals surface area contributed by atoms with Crippen molar-refractivity contribution in [2.45, 2.75) is 32.2 Å². The third kappa shape index (κ3) is 2.11. The Bertz CT molecular complexity index is 524. The molecule has 1 saturated carbocycles. The van der Waals surface area contributed by atoms with Crippen molar-refractivity contribution < 1.29 is 19.2 Å². The van der Waals surface area contributed by atoms with Gasteiger partial charge < -0.3 is 14.5 Å². The van der Waals surface area contributed by atoms with Gasteiger partial charge in [-0.15, -0.1) is 0 Å². The normalized spacial score (nSPS) is 29.5. The molecule has 102 valence electrons. The van der Waals surface area contributed by atoms with E-state index < -0.39 is 11.9 Å². The van der Waals surface area contributed by atoms with Gasteiger partial charge in [0, 0.05) is 12.6 Å². The summed E-state index contributed by atoms with van der Waals surface area (Å²) in [5, 5.41) is 12.8. The van der Waals surface area contributed by atoms with Crippen LogP contribution in [0, 0.1) is 18.8 Å². The number of carbonyl (C=O) groups excluding carboxylic acids is 1. The lowest BCUT2D eigenvalue weighted by Crippen LogP contribution is -2.32. The van der Waals surface area contributed by atoms with Crippen LogP contribution in [-0.4, -0.2) is 33.6 Å². The van der Waals surface area contributed by atoms with Crippen molar-refractivity contribution in [3.63, 3.8) is 0 Å². The van der Waals surface area contributed by atoms with Crippen LogP contribution >= 0.6 is 0 Å². The number of aromatic nitrogens is 1. The Labute approximate surface area is 110 Å². The summed E-state index contributed by atoms with van der Waals surface area (Å²) in [6.07, 6.45) is 2.23. The van der Waals surface area contributed by atoms with Crippen molar-refractivity contribution in [3.8, 4) is 0 Å². The molecule has 6 nitrogen and oxygen atoms in total. The number of likely N-dealkylation sites (tertiary alicyclic amines) is 1. The molecule has 1 aliphatic carbocycles. The number of carbonyl (C=O) groups is 2. The number of hydrogen-bond donors (Lipinski definition) is 1. The minimum absolute atomic E-state index is 0.0519. The van der Waals surface area contributed by atoms with Crippen LogP contribution in [0.1, 0.15) is 36.8 Å². The second-order valence-corrected chi connectivity index (χ2v) is 5.35. The molecule has 1 saturated heterocycles. The molecule has 1 N–H and O–H groups in total. The first-order chi connectivity index (χ1) is 9.08. The molecule has 1 aromatic heterocycles. The Morgan fingerprint density at radius 1 is 1.47 bits per heavy atom. The van der Waals surface area contributed by atoms with Gasteiger partial charge in [0.15, 0.2) is 5.76 Å². The van der Waals surface area contributed by atoms with Crippen molar-refractivity contribution >= 4 is 11.9 Å².